The summed E-state index contributed by atoms with van der Waals surface area (Å²) in [6.45, 7) is 5.48. The summed E-state index contributed by atoms with van der Waals surface area (Å²) >= 11 is 1.23. The van der Waals surface area contributed by atoms with Crippen molar-refractivity contribution in [2.24, 2.45) is 5.16 Å². The van der Waals surface area contributed by atoms with E-state index in [1.54, 1.807) is 11.7 Å². The van der Waals surface area contributed by atoms with Gasteiger partial charge in [-0.15, -0.1) is 11.3 Å². The highest BCUT2D eigenvalue weighted by Crippen LogP contribution is 2.13. The van der Waals surface area contributed by atoms with Crippen molar-refractivity contribution in [1.82, 2.24) is 4.98 Å². The molecule has 15 heavy (non-hydrogen) atoms. The summed E-state index contributed by atoms with van der Waals surface area (Å²) in [4.78, 5) is 19.6. The number of hydrogen-bond donors (Lipinski definition) is 1. The van der Waals surface area contributed by atoms with E-state index in [1.165, 1.54) is 11.3 Å². The maximum atomic E-state index is 10.6. The third kappa shape index (κ3) is 3.67. The van der Waals surface area contributed by atoms with Crippen molar-refractivity contribution in [3.8, 4) is 0 Å². The van der Waals surface area contributed by atoms with Gasteiger partial charge >= 0.3 is 0 Å². The van der Waals surface area contributed by atoms with Gasteiger partial charge in [0.1, 0.15) is 11.3 Å². The molecular formula is C9H12N3O2S. The predicted octanol–water partition coefficient (Wildman–Crippen LogP) is 1.35. The SMILES string of the molecule is CC(C)(C)ON=C([C]=O)c1csc(N)n1. The fourth-order valence-electron chi connectivity index (χ4n) is 0.697. The molecule has 0 aliphatic carbocycles. The summed E-state index contributed by atoms with van der Waals surface area (Å²) in [5.74, 6) is 0. The molecule has 0 aliphatic heterocycles. The van der Waals surface area contributed by atoms with Gasteiger partial charge in [-0.05, 0) is 20.8 Å². The van der Waals surface area contributed by atoms with Gasteiger partial charge in [0.05, 0.1) is 0 Å². The predicted molar refractivity (Wildman–Crippen MR) is 59.6 cm³/mol. The third-order valence-electron chi connectivity index (χ3n) is 1.27. The van der Waals surface area contributed by atoms with Crippen LogP contribution in [0.1, 0.15) is 26.5 Å². The first-order valence-corrected chi connectivity index (χ1v) is 5.16. The largest absolute Gasteiger partial charge is 0.389 e. The molecule has 0 bridgehead atoms. The zero-order valence-electron chi connectivity index (χ0n) is 8.77. The van der Waals surface area contributed by atoms with E-state index in [4.69, 9.17) is 10.6 Å². The van der Waals surface area contributed by atoms with Crippen LogP contribution >= 0.6 is 11.3 Å². The maximum absolute atomic E-state index is 10.6. The minimum absolute atomic E-state index is 0.0258. The molecule has 2 N–H and O–H groups in total. The zero-order valence-corrected chi connectivity index (χ0v) is 9.59. The van der Waals surface area contributed by atoms with Crippen molar-refractivity contribution in [3.63, 3.8) is 0 Å². The molecule has 6 heteroatoms. The lowest BCUT2D eigenvalue weighted by atomic mass is 10.2. The number of nitrogens with two attached hydrogens (primary N) is 1. The molecule has 0 aromatic carbocycles. The zero-order chi connectivity index (χ0) is 11.5. The van der Waals surface area contributed by atoms with Gasteiger partial charge in [-0.25, -0.2) is 4.98 Å². The highest BCUT2D eigenvalue weighted by Gasteiger charge is 2.13. The number of rotatable bonds is 3. The molecule has 1 radical (unpaired) electrons. The molecular weight excluding hydrogens is 214 g/mol. The Morgan fingerprint density at radius 3 is 2.73 bits per heavy atom. The van der Waals surface area contributed by atoms with Crippen LogP contribution in [0.2, 0.25) is 0 Å². The van der Waals surface area contributed by atoms with Gasteiger partial charge in [0.2, 0.25) is 0 Å². The second-order valence-electron chi connectivity index (χ2n) is 3.82. The molecule has 0 unspecified atom stereocenters. The Balaban J connectivity index is 2.85. The number of carbonyl (C=O) groups excluding carboxylic acids is 1. The molecule has 1 aromatic rings. The van der Waals surface area contributed by atoms with E-state index in [9.17, 15) is 4.79 Å². The maximum Gasteiger partial charge on any atom is 0.259 e. The van der Waals surface area contributed by atoms with Gasteiger partial charge in [-0.1, -0.05) is 5.16 Å². The van der Waals surface area contributed by atoms with E-state index in [-0.39, 0.29) is 5.71 Å². The molecule has 1 aromatic heterocycles. The second kappa shape index (κ2) is 4.39. The average molecular weight is 226 g/mol. The number of oxime groups is 1. The molecule has 0 saturated carbocycles. The highest BCUT2D eigenvalue weighted by molar-refractivity contribution is 7.13. The molecule has 1 rings (SSSR count). The van der Waals surface area contributed by atoms with Crippen LogP contribution in [0, 0.1) is 0 Å². The minimum atomic E-state index is -0.455. The quantitative estimate of drug-likeness (QED) is 0.623. The number of nitrogen functional groups attached to an aromatic ring is 1. The van der Waals surface area contributed by atoms with Gasteiger partial charge in [-0.2, -0.15) is 0 Å². The van der Waals surface area contributed by atoms with Crippen LogP contribution < -0.4 is 5.73 Å². The van der Waals surface area contributed by atoms with Crippen molar-refractivity contribution >= 4 is 28.5 Å². The van der Waals surface area contributed by atoms with Crippen LogP contribution in [0.15, 0.2) is 10.5 Å². The van der Waals surface area contributed by atoms with Crippen molar-refractivity contribution in [3.05, 3.63) is 11.1 Å². The van der Waals surface area contributed by atoms with Gasteiger partial charge in [-0.3, -0.25) is 4.79 Å². The average Bonchev–Trinajstić information content (AvgIpc) is 2.51. The Labute approximate surface area is 91.9 Å². The number of aromatic nitrogens is 1. The summed E-state index contributed by atoms with van der Waals surface area (Å²) in [5.41, 5.74) is 5.39. The summed E-state index contributed by atoms with van der Waals surface area (Å²) in [7, 11) is 0. The van der Waals surface area contributed by atoms with Crippen LogP contribution in [0.4, 0.5) is 5.13 Å². The minimum Gasteiger partial charge on any atom is -0.389 e. The fraction of sp³-hybridized carbons (Fsp3) is 0.444. The van der Waals surface area contributed by atoms with Crippen molar-refractivity contribution in [2.45, 2.75) is 26.4 Å². The van der Waals surface area contributed by atoms with Crippen molar-refractivity contribution in [1.29, 1.82) is 0 Å². The summed E-state index contributed by atoms with van der Waals surface area (Å²) in [6, 6.07) is 0. The Hall–Kier alpha value is -1.43. The second-order valence-corrected chi connectivity index (χ2v) is 4.71. The van der Waals surface area contributed by atoms with E-state index in [1.807, 2.05) is 20.8 Å². The first-order chi connectivity index (χ1) is 6.92. The number of hydrogen-bond acceptors (Lipinski definition) is 6. The van der Waals surface area contributed by atoms with Crippen LogP contribution in [0.25, 0.3) is 0 Å². The lowest BCUT2D eigenvalue weighted by Gasteiger charge is -2.15. The van der Waals surface area contributed by atoms with E-state index < -0.39 is 5.60 Å². The molecule has 1 heterocycles. The Kier molecular flexibility index (Phi) is 3.41. The highest BCUT2D eigenvalue weighted by atomic mass is 32.1. The summed E-state index contributed by atoms with van der Waals surface area (Å²) in [6.07, 6.45) is 1.67. The van der Waals surface area contributed by atoms with Gasteiger partial charge in [0.15, 0.2) is 10.8 Å². The van der Waals surface area contributed by atoms with Gasteiger partial charge in [0.25, 0.3) is 6.29 Å². The van der Waals surface area contributed by atoms with Crippen LogP contribution in [-0.4, -0.2) is 22.6 Å². The lowest BCUT2D eigenvalue weighted by Crippen LogP contribution is -2.17. The smallest absolute Gasteiger partial charge is 0.259 e. The first kappa shape index (κ1) is 11.6. The van der Waals surface area contributed by atoms with Crippen molar-refractivity contribution in [2.75, 3.05) is 5.73 Å². The summed E-state index contributed by atoms with van der Waals surface area (Å²) in [5, 5.41) is 5.69. The number of nitrogens with zero attached hydrogens (tertiary/aromatic N) is 2. The topological polar surface area (TPSA) is 77.6 Å². The molecule has 81 valence electrons. The number of anilines is 1. The Morgan fingerprint density at radius 2 is 2.33 bits per heavy atom. The Bertz CT molecular complexity index is 379. The van der Waals surface area contributed by atoms with Gasteiger partial charge in [0, 0.05) is 5.38 Å². The standard InChI is InChI=1S/C9H12N3O2S/c1-9(2,3)14-12-6(4-13)7-5-15-8(10)11-7/h5H,1-3H3,(H2,10,11). The van der Waals surface area contributed by atoms with Crippen LogP contribution in [-0.2, 0) is 9.63 Å². The van der Waals surface area contributed by atoms with Crippen LogP contribution in [0.3, 0.4) is 0 Å². The van der Waals surface area contributed by atoms with E-state index in [2.05, 4.69) is 10.1 Å². The molecule has 0 fully saturated rings. The van der Waals surface area contributed by atoms with Crippen LogP contribution in [0.5, 0.6) is 0 Å². The molecule has 0 atom stereocenters. The van der Waals surface area contributed by atoms with Gasteiger partial charge < -0.3 is 10.6 Å². The monoisotopic (exact) mass is 226 g/mol. The van der Waals surface area contributed by atoms with E-state index in [0.29, 0.717) is 10.8 Å². The lowest BCUT2D eigenvalue weighted by molar-refractivity contribution is 0.00140. The first-order valence-electron chi connectivity index (χ1n) is 4.28. The van der Waals surface area contributed by atoms with Crippen molar-refractivity contribution < 1.29 is 9.63 Å². The fourth-order valence-corrected chi connectivity index (χ4v) is 1.24. The normalized spacial score (nSPS) is 12.6. The molecule has 0 spiro atoms. The van der Waals surface area contributed by atoms with E-state index in [0.717, 1.165) is 0 Å². The molecule has 5 nitrogen and oxygen atoms in total. The molecule has 0 amide bonds. The third-order valence-corrected chi connectivity index (χ3v) is 1.95. The summed E-state index contributed by atoms with van der Waals surface area (Å²) < 4.78 is 0. The number of thiazole rings is 1. The Morgan fingerprint density at radius 1 is 1.67 bits per heavy atom. The molecule has 0 saturated heterocycles. The van der Waals surface area contributed by atoms with E-state index >= 15 is 0 Å². The molecule has 0 aliphatic rings.